The van der Waals surface area contributed by atoms with E-state index in [1.807, 2.05) is 0 Å². The van der Waals surface area contributed by atoms with Crippen LogP contribution in [0.25, 0.3) is 11.2 Å². The Labute approximate surface area is 123 Å². The molecule has 0 spiro atoms. The molecule has 3 rings (SSSR count). The zero-order valence-electron chi connectivity index (χ0n) is 11.2. The number of imidazole rings is 1. The molecule has 2 aromatic heterocycles. The average Bonchev–Trinajstić information content (AvgIpc) is 2.92. The second-order valence-electron chi connectivity index (χ2n) is 4.80. The quantitative estimate of drug-likeness (QED) is 0.385. The van der Waals surface area contributed by atoms with E-state index in [1.165, 1.54) is 12.7 Å². The molecule has 1 unspecified atom stereocenters. The molecule has 2 aromatic rings. The molecule has 120 valence electrons. The number of anilines is 1. The predicted octanol–water partition coefficient (Wildman–Crippen LogP) is -3.36. The number of ether oxygens (including phenoxy) is 1. The van der Waals surface area contributed by atoms with Gasteiger partial charge in [0.1, 0.15) is 37.1 Å². The minimum atomic E-state index is -1.54. The summed E-state index contributed by atoms with van der Waals surface area (Å²) >= 11 is 0. The maximum atomic E-state index is 9.91. The molecule has 0 aliphatic carbocycles. The van der Waals surface area contributed by atoms with Gasteiger partial charge in [0, 0.05) is 0 Å². The molecule has 5 atom stereocenters. The number of nitrogen functional groups attached to an aromatic ring is 1. The van der Waals surface area contributed by atoms with Gasteiger partial charge in [0.25, 0.3) is 6.29 Å². The number of rotatable bonds is 3. The first-order valence-corrected chi connectivity index (χ1v) is 6.44. The fraction of sp³-hybridized carbons (Fsp3) is 0.545. The van der Waals surface area contributed by atoms with Gasteiger partial charge in [-0.25, -0.2) is 15.0 Å². The van der Waals surface area contributed by atoms with Crippen LogP contribution in [0, 0.1) is 0 Å². The van der Waals surface area contributed by atoms with E-state index in [4.69, 9.17) is 20.4 Å². The summed E-state index contributed by atoms with van der Waals surface area (Å²) in [6.07, 6.45) is -4.48. The molecule has 22 heavy (non-hydrogen) atoms. The van der Waals surface area contributed by atoms with Crippen LogP contribution >= 0.6 is 0 Å². The highest BCUT2D eigenvalue weighted by Crippen LogP contribution is 2.21. The summed E-state index contributed by atoms with van der Waals surface area (Å²) in [7, 11) is 0. The Hall–Kier alpha value is -2.05. The Bertz CT molecular complexity index is 663. The number of aliphatic hydroxyl groups excluding tert-OH is 4. The van der Waals surface area contributed by atoms with Crippen LogP contribution in [-0.2, 0) is 4.74 Å². The molecular formula is C11H15N5O6. The lowest BCUT2D eigenvalue weighted by Crippen LogP contribution is -2.61. The maximum absolute atomic E-state index is 9.91. The minimum Gasteiger partial charge on any atom is -0.394 e. The van der Waals surface area contributed by atoms with Crippen LogP contribution in [0.2, 0.25) is 0 Å². The normalized spacial score (nSPS) is 32.3. The first-order valence-electron chi connectivity index (χ1n) is 6.44. The molecule has 1 fully saturated rings. The molecule has 0 radical (unpaired) electrons. The van der Waals surface area contributed by atoms with E-state index in [0.717, 1.165) is 4.73 Å². The van der Waals surface area contributed by atoms with Gasteiger partial charge in [0.15, 0.2) is 11.3 Å². The van der Waals surface area contributed by atoms with Crippen molar-refractivity contribution in [1.82, 2.24) is 19.7 Å². The third-order valence-corrected chi connectivity index (χ3v) is 3.40. The van der Waals surface area contributed by atoms with E-state index in [1.54, 1.807) is 0 Å². The third-order valence-electron chi connectivity index (χ3n) is 3.40. The molecule has 1 aliphatic rings. The van der Waals surface area contributed by atoms with Crippen molar-refractivity contribution in [3.63, 3.8) is 0 Å². The summed E-state index contributed by atoms with van der Waals surface area (Å²) in [4.78, 5) is 17.1. The SMILES string of the molecule is Nc1ncnc2c1ncn2OC1O[C@H](CO)[C@@H](O)[C@H](O)[C@H]1O. The molecule has 3 heterocycles. The van der Waals surface area contributed by atoms with Crippen LogP contribution in [0.4, 0.5) is 5.82 Å². The molecule has 0 aromatic carbocycles. The maximum Gasteiger partial charge on any atom is 0.254 e. The zero-order chi connectivity index (χ0) is 15.9. The molecule has 0 bridgehead atoms. The monoisotopic (exact) mass is 313 g/mol. The van der Waals surface area contributed by atoms with Gasteiger partial charge in [-0.05, 0) is 0 Å². The second kappa shape index (κ2) is 5.62. The van der Waals surface area contributed by atoms with E-state index in [-0.39, 0.29) is 11.5 Å². The first-order chi connectivity index (χ1) is 10.5. The Morgan fingerprint density at radius 1 is 1.18 bits per heavy atom. The van der Waals surface area contributed by atoms with Crippen molar-refractivity contribution < 1.29 is 30.0 Å². The minimum absolute atomic E-state index is 0.154. The molecule has 0 saturated carbocycles. The predicted molar refractivity (Wildman–Crippen MR) is 70.1 cm³/mol. The van der Waals surface area contributed by atoms with Crippen molar-refractivity contribution in [2.24, 2.45) is 0 Å². The number of hydrogen-bond donors (Lipinski definition) is 5. The number of hydrogen-bond acceptors (Lipinski definition) is 10. The highest BCUT2D eigenvalue weighted by molar-refractivity contribution is 5.80. The fourth-order valence-corrected chi connectivity index (χ4v) is 2.18. The molecule has 11 heteroatoms. The fourth-order valence-electron chi connectivity index (χ4n) is 2.18. The first kappa shape index (κ1) is 14.9. The number of aliphatic hydroxyl groups is 4. The molecule has 6 N–H and O–H groups in total. The van der Waals surface area contributed by atoms with Gasteiger partial charge in [-0.1, -0.05) is 0 Å². The molecule has 0 amide bonds. The largest absolute Gasteiger partial charge is 0.394 e. The number of fused-ring (bicyclic) bond motifs is 1. The van der Waals surface area contributed by atoms with Crippen LogP contribution in [0.5, 0.6) is 0 Å². The van der Waals surface area contributed by atoms with Crippen molar-refractivity contribution in [3.8, 4) is 0 Å². The van der Waals surface area contributed by atoms with Crippen LogP contribution in [0.3, 0.4) is 0 Å². The molecule has 1 aliphatic heterocycles. The van der Waals surface area contributed by atoms with E-state index in [2.05, 4.69) is 15.0 Å². The summed E-state index contributed by atoms with van der Waals surface area (Å²) < 4.78 is 6.32. The number of nitrogens with two attached hydrogens (primary N) is 1. The third kappa shape index (κ3) is 2.34. The summed E-state index contributed by atoms with van der Waals surface area (Å²) in [5, 5.41) is 38.5. The van der Waals surface area contributed by atoms with Crippen molar-refractivity contribution in [3.05, 3.63) is 12.7 Å². The Balaban J connectivity index is 1.86. The van der Waals surface area contributed by atoms with Gasteiger partial charge in [-0.2, -0.15) is 0 Å². The Morgan fingerprint density at radius 2 is 1.95 bits per heavy atom. The molecule has 11 nitrogen and oxygen atoms in total. The van der Waals surface area contributed by atoms with E-state index in [9.17, 15) is 15.3 Å². The van der Waals surface area contributed by atoms with E-state index < -0.39 is 37.3 Å². The van der Waals surface area contributed by atoms with Crippen molar-refractivity contribution in [2.45, 2.75) is 30.7 Å². The van der Waals surface area contributed by atoms with Crippen LogP contribution in [-0.4, -0.2) is 77.4 Å². The topological polar surface area (TPSA) is 169 Å². The summed E-state index contributed by atoms with van der Waals surface area (Å²) in [5.74, 6) is 0.154. The molecule has 1 saturated heterocycles. The molecular weight excluding hydrogens is 298 g/mol. The lowest BCUT2D eigenvalue weighted by molar-refractivity contribution is -0.299. The smallest absolute Gasteiger partial charge is 0.254 e. The Morgan fingerprint density at radius 3 is 2.68 bits per heavy atom. The van der Waals surface area contributed by atoms with E-state index >= 15 is 0 Å². The van der Waals surface area contributed by atoms with Gasteiger partial charge in [-0.15, -0.1) is 4.73 Å². The summed E-state index contributed by atoms with van der Waals surface area (Å²) in [5.41, 5.74) is 6.18. The van der Waals surface area contributed by atoms with Crippen molar-refractivity contribution in [2.75, 3.05) is 12.3 Å². The van der Waals surface area contributed by atoms with Crippen LogP contribution in [0.15, 0.2) is 12.7 Å². The van der Waals surface area contributed by atoms with Crippen LogP contribution < -0.4 is 10.6 Å². The van der Waals surface area contributed by atoms with Gasteiger partial charge in [-0.3, -0.25) is 0 Å². The second-order valence-corrected chi connectivity index (χ2v) is 4.80. The van der Waals surface area contributed by atoms with Crippen LogP contribution in [0.1, 0.15) is 0 Å². The van der Waals surface area contributed by atoms with Gasteiger partial charge < -0.3 is 35.7 Å². The van der Waals surface area contributed by atoms with E-state index in [0.29, 0.717) is 5.52 Å². The lowest BCUT2D eigenvalue weighted by atomic mass is 9.99. The highest BCUT2D eigenvalue weighted by atomic mass is 16.8. The standard InChI is InChI=1S/C11H15N5O6/c12-9-5-10(14-2-13-9)16(3-15-5)22-11-8(20)7(19)6(18)4(1-17)21-11/h2-4,6-8,11,17-20H,1H2,(H2,12,13,14)/t4-,6-,7+,8-,11?/m1/s1. The van der Waals surface area contributed by atoms with Crippen molar-refractivity contribution >= 4 is 17.0 Å². The van der Waals surface area contributed by atoms with Gasteiger partial charge in [0.2, 0.25) is 5.65 Å². The average molecular weight is 313 g/mol. The zero-order valence-corrected chi connectivity index (χ0v) is 11.2. The van der Waals surface area contributed by atoms with Gasteiger partial charge >= 0.3 is 0 Å². The van der Waals surface area contributed by atoms with Crippen molar-refractivity contribution in [1.29, 1.82) is 0 Å². The Kier molecular flexibility index (Phi) is 3.80. The lowest BCUT2D eigenvalue weighted by Gasteiger charge is -2.39. The summed E-state index contributed by atoms with van der Waals surface area (Å²) in [6.45, 7) is -0.551. The van der Waals surface area contributed by atoms with Gasteiger partial charge in [0.05, 0.1) is 6.61 Å². The number of aromatic nitrogens is 4. The highest BCUT2D eigenvalue weighted by Gasteiger charge is 2.45. The number of nitrogens with zero attached hydrogens (tertiary/aromatic N) is 4. The summed E-state index contributed by atoms with van der Waals surface area (Å²) in [6, 6.07) is 0.